The van der Waals surface area contributed by atoms with Gasteiger partial charge in [-0.2, -0.15) is 0 Å². The number of rotatable bonds is 4. The van der Waals surface area contributed by atoms with E-state index in [-0.39, 0.29) is 16.4 Å². The maximum Gasteiger partial charge on any atom is 0.344 e. The van der Waals surface area contributed by atoms with E-state index in [1.165, 1.54) is 36.5 Å². The van der Waals surface area contributed by atoms with Crippen LogP contribution >= 0.6 is 0 Å². The van der Waals surface area contributed by atoms with Crippen LogP contribution in [0, 0.1) is 5.82 Å². The minimum atomic E-state index is -4.33. The molecule has 2 heterocycles. The molecule has 3 rings (SSSR count). The van der Waals surface area contributed by atoms with E-state index in [0.717, 1.165) is 11.0 Å². The first kappa shape index (κ1) is 18.8. The zero-order valence-electron chi connectivity index (χ0n) is 14.5. The van der Waals surface area contributed by atoms with Crippen molar-refractivity contribution in [3.8, 4) is 0 Å². The SMILES string of the molecule is CC(C)OC(=O)CN1C(=O)N(c2cccc(F)c2)c2ncccc2S1(=O)=O. The standard InChI is InChI=1S/C17H16FN3O5S/c1-11(2)26-15(22)10-20-17(23)21(13-6-3-5-12(18)9-13)16-14(27(20,24)25)7-4-8-19-16/h3-9,11H,10H2,1-2H3. The van der Waals surface area contributed by atoms with Crippen molar-refractivity contribution in [2.24, 2.45) is 0 Å². The number of pyridine rings is 1. The van der Waals surface area contributed by atoms with E-state index in [4.69, 9.17) is 4.74 Å². The molecule has 0 bridgehead atoms. The van der Waals surface area contributed by atoms with Gasteiger partial charge in [0.25, 0.3) is 10.0 Å². The number of amides is 2. The third-order valence-corrected chi connectivity index (χ3v) is 5.38. The van der Waals surface area contributed by atoms with Gasteiger partial charge in [0.1, 0.15) is 17.3 Å². The fourth-order valence-corrected chi connectivity index (χ4v) is 4.02. The highest BCUT2D eigenvalue weighted by Crippen LogP contribution is 2.37. The molecule has 8 nitrogen and oxygen atoms in total. The molecule has 10 heteroatoms. The number of hydrogen-bond acceptors (Lipinski definition) is 6. The van der Waals surface area contributed by atoms with Gasteiger partial charge in [-0.25, -0.2) is 31.8 Å². The highest BCUT2D eigenvalue weighted by atomic mass is 32.2. The molecule has 1 aromatic carbocycles. The Morgan fingerprint density at radius 2 is 2.00 bits per heavy atom. The van der Waals surface area contributed by atoms with E-state index in [1.807, 2.05) is 0 Å². The van der Waals surface area contributed by atoms with Crippen LogP contribution in [0.4, 0.5) is 20.7 Å². The lowest BCUT2D eigenvalue weighted by atomic mass is 10.2. The van der Waals surface area contributed by atoms with Crippen LogP contribution in [0.25, 0.3) is 0 Å². The maximum atomic E-state index is 13.7. The quantitative estimate of drug-likeness (QED) is 0.740. The molecule has 0 fully saturated rings. The molecule has 0 spiro atoms. The Hall–Kier alpha value is -3.01. The number of aromatic nitrogens is 1. The van der Waals surface area contributed by atoms with Crippen molar-refractivity contribution in [2.75, 3.05) is 11.4 Å². The van der Waals surface area contributed by atoms with Crippen LogP contribution in [-0.2, 0) is 19.6 Å². The summed E-state index contributed by atoms with van der Waals surface area (Å²) in [4.78, 5) is 29.6. The van der Waals surface area contributed by atoms with Gasteiger partial charge in [0.2, 0.25) is 0 Å². The topological polar surface area (TPSA) is 96.9 Å². The smallest absolute Gasteiger partial charge is 0.344 e. The Morgan fingerprint density at radius 3 is 2.67 bits per heavy atom. The van der Waals surface area contributed by atoms with Gasteiger partial charge in [0, 0.05) is 6.20 Å². The first-order valence-electron chi connectivity index (χ1n) is 7.98. The van der Waals surface area contributed by atoms with E-state index in [0.29, 0.717) is 4.31 Å². The summed E-state index contributed by atoms with van der Waals surface area (Å²) < 4.78 is 44.7. The van der Waals surface area contributed by atoms with Crippen molar-refractivity contribution in [2.45, 2.75) is 24.8 Å². The number of hydrogen-bond donors (Lipinski definition) is 0. The molecule has 0 atom stereocenters. The van der Waals surface area contributed by atoms with E-state index in [1.54, 1.807) is 13.8 Å². The van der Waals surface area contributed by atoms with Gasteiger partial charge >= 0.3 is 12.0 Å². The van der Waals surface area contributed by atoms with Crippen molar-refractivity contribution in [1.82, 2.24) is 9.29 Å². The summed E-state index contributed by atoms with van der Waals surface area (Å²) in [5.74, 6) is -1.66. The Bertz CT molecular complexity index is 1010. The number of benzene rings is 1. The molecule has 27 heavy (non-hydrogen) atoms. The fourth-order valence-electron chi connectivity index (χ4n) is 2.59. The van der Waals surface area contributed by atoms with Crippen molar-refractivity contribution in [3.63, 3.8) is 0 Å². The lowest BCUT2D eigenvalue weighted by Crippen LogP contribution is -2.51. The summed E-state index contributed by atoms with van der Waals surface area (Å²) >= 11 is 0. The van der Waals surface area contributed by atoms with Crippen molar-refractivity contribution in [1.29, 1.82) is 0 Å². The molecular formula is C17H16FN3O5S. The first-order valence-corrected chi connectivity index (χ1v) is 9.42. The lowest BCUT2D eigenvalue weighted by Gasteiger charge is -2.34. The summed E-state index contributed by atoms with van der Waals surface area (Å²) in [5.41, 5.74) is 0.0806. The Kier molecular flexibility index (Phi) is 4.83. The summed E-state index contributed by atoms with van der Waals surface area (Å²) in [6.45, 7) is 2.39. The van der Waals surface area contributed by atoms with Gasteiger partial charge in [-0.05, 0) is 44.2 Å². The van der Waals surface area contributed by atoms with Crippen molar-refractivity contribution < 1.29 is 27.1 Å². The Labute approximate surface area is 155 Å². The molecule has 1 aliphatic heterocycles. The summed E-state index contributed by atoms with van der Waals surface area (Å²) in [6.07, 6.45) is 0.838. The molecule has 0 N–H and O–H groups in total. The highest BCUT2D eigenvalue weighted by Gasteiger charge is 2.44. The van der Waals surface area contributed by atoms with Crippen LogP contribution in [0.3, 0.4) is 0 Å². The molecule has 0 unspecified atom stereocenters. The van der Waals surface area contributed by atoms with Gasteiger partial charge < -0.3 is 4.74 Å². The van der Waals surface area contributed by atoms with Crippen LogP contribution in [-0.4, -0.2) is 42.4 Å². The molecule has 142 valence electrons. The average molecular weight is 393 g/mol. The van der Waals surface area contributed by atoms with E-state index >= 15 is 0 Å². The number of urea groups is 1. The molecule has 0 saturated heterocycles. The molecule has 1 aromatic heterocycles. The number of carbonyl (C=O) groups is 2. The second-order valence-corrected chi connectivity index (χ2v) is 7.80. The first-order chi connectivity index (χ1) is 12.7. The van der Waals surface area contributed by atoms with Crippen LogP contribution in [0.1, 0.15) is 13.8 Å². The number of fused-ring (bicyclic) bond motifs is 1. The van der Waals surface area contributed by atoms with Crippen LogP contribution in [0.15, 0.2) is 47.5 Å². The van der Waals surface area contributed by atoms with Gasteiger partial charge in [-0.15, -0.1) is 0 Å². The number of esters is 1. The zero-order chi connectivity index (χ0) is 19.8. The minimum Gasteiger partial charge on any atom is -0.462 e. The molecular weight excluding hydrogens is 377 g/mol. The van der Waals surface area contributed by atoms with E-state index in [9.17, 15) is 22.4 Å². The molecule has 1 aliphatic rings. The average Bonchev–Trinajstić information content (AvgIpc) is 2.58. The number of sulfonamides is 1. The Morgan fingerprint density at radius 1 is 1.26 bits per heavy atom. The maximum absolute atomic E-state index is 13.7. The van der Waals surface area contributed by atoms with Gasteiger partial charge in [0.05, 0.1) is 11.8 Å². The molecule has 2 amide bonds. The van der Waals surface area contributed by atoms with Gasteiger partial charge in [0.15, 0.2) is 5.82 Å². The predicted molar refractivity (Wildman–Crippen MR) is 93.3 cm³/mol. The van der Waals surface area contributed by atoms with Crippen molar-refractivity contribution in [3.05, 3.63) is 48.4 Å². The lowest BCUT2D eigenvalue weighted by molar-refractivity contribution is -0.147. The summed E-state index contributed by atoms with van der Waals surface area (Å²) in [7, 11) is -4.33. The van der Waals surface area contributed by atoms with E-state index < -0.39 is 40.5 Å². The minimum absolute atomic E-state index is 0.0806. The van der Waals surface area contributed by atoms with Crippen LogP contribution < -0.4 is 4.90 Å². The van der Waals surface area contributed by atoms with Crippen LogP contribution in [0.5, 0.6) is 0 Å². The number of nitrogens with zero attached hydrogens (tertiary/aromatic N) is 3. The third kappa shape index (κ3) is 3.47. The van der Waals surface area contributed by atoms with Gasteiger partial charge in [-0.1, -0.05) is 6.07 Å². The molecule has 0 saturated carbocycles. The number of carbonyl (C=O) groups excluding carboxylic acids is 2. The molecule has 0 radical (unpaired) electrons. The fraction of sp³-hybridized carbons (Fsp3) is 0.235. The van der Waals surface area contributed by atoms with E-state index in [2.05, 4.69) is 4.98 Å². The summed E-state index contributed by atoms with van der Waals surface area (Å²) in [6, 6.07) is 6.67. The number of anilines is 2. The second-order valence-electron chi connectivity index (χ2n) is 5.97. The number of halogens is 1. The highest BCUT2D eigenvalue weighted by molar-refractivity contribution is 7.90. The Balaban J connectivity index is 2.12. The molecule has 2 aromatic rings. The number of ether oxygens (including phenoxy) is 1. The monoisotopic (exact) mass is 393 g/mol. The molecule has 0 aliphatic carbocycles. The van der Waals surface area contributed by atoms with Crippen molar-refractivity contribution >= 4 is 33.5 Å². The van der Waals surface area contributed by atoms with Gasteiger partial charge in [-0.3, -0.25) is 4.79 Å². The third-order valence-electron chi connectivity index (χ3n) is 3.64. The second kappa shape index (κ2) is 6.95. The largest absolute Gasteiger partial charge is 0.462 e. The summed E-state index contributed by atoms with van der Waals surface area (Å²) in [5, 5.41) is 0. The predicted octanol–water partition coefficient (Wildman–Crippen LogP) is 2.43. The van der Waals surface area contributed by atoms with Crippen LogP contribution in [0.2, 0.25) is 0 Å². The zero-order valence-corrected chi connectivity index (χ0v) is 15.3. The normalized spacial score (nSPS) is 15.6.